The zero-order valence-electron chi connectivity index (χ0n) is 11.8. The summed E-state index contributed by atoms with van der Waals surface area (Å²) in [6.45, 7) is 1.30. The van der Waals surface area contributed by atoms with E-state index in [4.69, 9.17) is 21.3 Å². The molecule has 5 heteroatoms. The maximum atomic E-state index is 6.09. The van der Waals surface area contributed by atoms with E-state index in [9.17, 15) is 0 Å². The number of aromatic nitrogens is 3. The summed E-state index contributed by atoms with van der Waals surface area (Å²) in [4.78, 5) is 4.75. The van der Waals surface area contributed by atoms with Gasteiger partial charge >= 0.3 is 0 Å². The van der Waals surface area contributed by atoms with Crippen LogP contribution in [0.1, 0.15) is 49.2 Å². The lowest BCUT2D eigenvalue weighted by Gasteiger charge is -2.09. The van der Waals surface area contributed by atoms with Gasteiger partial charge in [-0.3, -0.25) is 0 Å². The lowest BCUT2D eigenvalue weighted by atomic mass is 10.3. The molecule has 4 rings (SSSR count). The Balaban J connectivity index is 1.43. The Kier molecular flexibility index (Phi) is 3.34. The Labute approximate surface area is 129 Å². The summed E-state index contributed by atoms with van der Waals surface area (Å²) in [5, 5.41) is 5.33. The Hall–Kier alpha value is -1.55. The van der Waals surface area contributed by atoms with E-state index >= 15 is 0 Å². The van der Waals surface area contributed by atoms with E-state index in [2.05, 4.69) is 5.10 Å². The molecule has 0 unspecified atom stereocenters. The van der Waals surface area contributed by atoms with Gasteiger partial charge in [0.2, 0.25) is 0 Å². The lowest BCUT2D eigenvalue weighted by Crippen LogP contribution is -2.12. The molecule has 2 aliphatic rings. The molecule has 0 amide bonds. The average molecular weight is 304 g/mol. The van der Waals surface area contributed by atoms with Crippen molar-refractivity contribution in [2.24, 2.45) is 0 Å². The predicted octanol–water partition coefficient (Wildman–Crippen LogP) is 3.77. The first-order valence-corrected chi connectivity index (χ1v) is 8.01. The first-order valence-electron chi connectivity index (χ1n) is 7.63. The summed E-state index contributed by atoms with van der Waals surface area (Å²) in [7, 11) is 0. The van der Waals surface area contributed by atoms with Gasteiger partial charge in [-0.1, -0.05) is 23.7 Å². The zero-order valence-corrected chi connectivity index (χ0v) is 12.6. The lowest BCUT2D eigenvalue weighted by molar-refractivity contribution is 0.288. The molecule has 21 heavy (non-hydrogen) atoms. The molecule has 0 radical (unpaired) electrons. The van der Waals surface area contributed by atoms with Crippen LogP contribution in [0.2, 0.25) is 5.02 Å². The summed E-state index contributed by atoms with van der Waals surface area (Å²) >= 11 is 6.09. The van der Waals surface area contributed by atoms with E-state index < -0.39 is 0 Å². The maximum Gasteiger partial charge on any atom is 0.154 e. The number of nitrogens with zero attached hydrogens (tertiary/aromatic N) is 3. The van der Waals surface area contributed by atoms with E-state index in [0.717, 1.165) is 23.9 Å². The smallest absolute Gasteiger partial charge is 0.154 e. The Morgan fingerprint density at radius 3 is 2.62 bits per heavy atom. The van der Waals surface area contributed by atoms with Crippen LogP contribution in [0, 0.1) is 0 Å². The van der Waals surface area contributed by atoms with Crippen molar-refractivity contribution in [3.63, 3.8) is 0 Å². The summed E-state index contributed by atoms with van der Waals surface area (Å²) < 4.78 is 7.80. The van der Waals surface area contributed by atoms with Gasteiger partial charge in [0.1, 0.15) is 18.2 Å². The van der Waals surface area contributed by atoms with Crippen molar-refractivity contribution in [3.05, 3.63) is 40.9 Å². The minimum atomic E-state index is 0.566. The van der Waals surface area contributed by atoms with E-state index in [1.165, 1.54) is 25.7 Å². The second-order valence-electron chi connectivity index (χ2n) is 5.88. The molecule has 2 fully saturated rings. The number of ether oxygens (including phenoxy) is 1. The van der Waals surface area contributed by atoms with E-state index in [-0.39, 0.29) is 0 Å². The van der Waals surface area contributed by atoms with E-state index in [1.54, 1.807) is 0 Å². The fourth-order valence-corrected chi connectivity index (χ4v) is 2.69. The molecule has 1 aromatic heterocycles. The van der Waals surface area contributed by atoms with Gasteiger partial charge in [0.05, 0.1) is 11.6 Å². The van der Waals surface area contributed by atoms with Crippen LogP contribution in [-0.4, -0.2) is 21.4 Å². The van der Waals surface area contributed by atoms with Gasteiger partial charge in [-0.05, 0) is 37.8 Å². The normalized spacial score (nSPS) is 18.0. The summed E-state index contributed by atoms with van der Waals surface area (Å²) in [5.41, 5.74) is 0. The second-order valence-corrected chi connectivity index (χ2v) is 6.29. The fourth-order valence-electron chi connectivity index (χ4n) is 2.50. The van der Waals surface area contributed by atoms with Gasteiger partial charge in [-0.2, -0.15) is 5.10 Å². The van der Waals surface area contributed by atoms with Gasteiger partial charge < -0.3 is 4.74 Å². The Morgan fingerprint density at radius 1 is 1.14 bits per heavy atom. The van der Waals surface area contributed by atoms with Crippen molar-refractivity contribution < 1.29 is 4.74 Å². The SMILES string of the molecule is Clc1ccccc1OCCn1nc(C2CC2)nc1C1CC1. The van der Waals surface area contributed by atoms with Crippen LogP contribution in [0.15, 0.2) is 24.3 Å². The molecule has 2 aromatic rings. The predicted molar refractivity (Wildman–Crippen MR) is 80.9 cm³/mol. The monoisotopic (exact) mass is 303 g/mol. The van der Waals surface area contributed by atoms with Gasteiger partial charge in [-0.25, -0.2) is 9.67 Å². The van der Waals surface area contributed by atoms with Crippen molar-refractivity contribution in [2.45, 2.75) is 44.1 Å². The molecular formula is C16H18ClN3O. The number of hydrogen-bond donors (Lipinski definition) is 0. The molecule has 0 spiro atoms. The number of benzene rings is 1. The topological polar surface area (TPSA) is 39.9 Å². The maximum absolute atomic E-state index is 6.09. The highest BCUT2D eigenvalue weighted by Gasteiger charge is 2.34. The standard InChI is InChI=1S/C16H18ClN3O/c17-13-3-1-2-4-14(13)21-10-9-20-16(12-7-8-12)18-15(19-20)11-5-6-11/h1-4,11-12H,5-10H2. The Morgan fingerprint density at radius 2 is 1.90 bits per heavy atom. The van der Waals surface area contributed by atoms with Crippen LogP contribution in [-0.2, 0) is 6.54 Å². The quantitative estimate of drug-likeness (QED) is 0.815. The van der Waals surface area contributed by atoms with Crippen LogP contribution in [0.4, 0.5) is 0 Å². The Bertz CT molecular complexity index is 647. The highest BCUT2D eigenvalue weighted by Crippen LogP contribution is 2.42. The van der Waals surface area contributed by atoms with E-state index in [1.807, 2.05) is 28.9 Å². The van der Waals surface area contributed by atoms with Crippen LogP contribution in [0.3, 0.4) is 0 Å². The molecule has 0 bridgehead atoms. The van der Waals surface area contributed by atoms with Crippen LogP contribution in [0.5, 0.6) is 5.75 Å². The van der Waals surface area contributed by atoms with Crippen LogP contribution in [0.25, 0.3) is 0 Å². The molecule has 0 aliphatic heterocycles. The fraction of sp³-hybridized carbons (Fsp3) is 0.500. The largest absolute Gasteiger partial charge is 0.490 e. The van der Waals surface area contributed by atoms with Crippen molar-refractivity contribution >= 4 is 11.6 Å². The van der Waals surface area contributed by atoms with Crippen LogP contribution < -0.4 is 4.74 Å². The molecule has 4 nitrogen and oxygen atoms in total. The highest BCUT2D eigenvalue weighted by molar-refractivity contribution is 6.32. The van der Waals surface area contributed by atoms with Gasteiger partial charge in [0.25, 0.3) is 0 Å². The minimum Gasteiger partial charge on any atom is -0.490 e. The van der Waals surface area contributed by atoms with Crippen molar-refractivity contribution in [1.29, 1.82) is 0 Å². The third kappa shape index (κ3) is 2.91. The van der Waals surface area contributed by atoms with E-state index in [0.29, 0.717) is 23.5 Å². The summed E-state index contributed by atoms with van der Waals surface area (Å²) in [6.07, 6.45) is 4.97. The number of hydrogen-bond acceptors (Lipinski definition) is 3. The summed E-state index contributed by atoms with van der Waals surface area (Å²) in [5.74, 6) is 4.14. The van der Waals surface area contributed by atoms with Crippen molar-refractivity contribution in [3.8, 4) is 5.75 Å². The molecular weight excluding hydrogens is 286 g/mol. The third-order valence-electron chi connectivity index (χ3n) is 4.00. The minimum absolute atomic E-state index is 0.566. The molecule has 0 saturated heterocycles. The average Bonchev–Trinajstić information content (AvgIpc) is 3.40. The highest BCUT2D eigenvalue weighted by atomic mass is 35.5. The number of rotatable bonds is 6. The first kappa shape index (κ1) is 13.1. The second kappa shape index (κ2) is 5.34. The van der Waals surface area contributed by atoms with Gasteiger partial charge in [0.15, 0.2) is 5.82 Å². The van der Waals surface area contributed by atoms with Gasteiger partial charge in [-0.15, -0.1) is 0 Å². The number of halogens is 1. The first-order chi connectivity index (χ1) is 10.3. The molecule has 1 heterocycles. The molecule has 2 aliphatic carbocycles. The molecule has 0 atom stereocenters. The van der Waals surface area contributed by atoms with Crippen LogP contribution >= 0.6 is 11.6 Å². The molecule has 110 valence electrons. The third-order valence-corrected chi connectivity index (χ3v) is 4.31. The molecule has 0 N–H and O–H groups in total. The molecule has 2 saturated carbocycles. The van der Waals surface area contributed by atoms with Crippen molar-refractivity contribution in [1.82, 2.24) is 14.8 Å². The van der Waals surface area contributed by atoms with Gasteiger partial charge in [0, 0.05) is 11.8 Å². The number of para-hydroxylation sites is 1. The molecule has 1 aromatic carbocycles. The summed E-state index contributed by atoms with van der Waals surface area (Å²) in [6, 6.07) is 7.56. The van der Waals surface area contributed by atoms with Crippen molar-refractivity contribution in [2.75, 3.05) is 6.61 Å². The zero-order chi connectivity index (χ0) is 14.2.